The Morgan fingerprint density at radius 1 is 1.50 bits per heavy atom. The number of fused-ring (bicyclic) bond motifs is 1. The number of nitrogens with one attached hydrogen (secondary N) is 1. The maximum atomic E-state index is 4.26. The summed E-state index contributed by atoms with van der Waals surface area (Å²) in [4.78, 5) is 6.63. The van der Waals surface area contributed by atoms with Gasteiger partial charge >= 0.3 is 0 Å². The highest BCUT2D eigenvalue weighted by molar-refractivity contribution is 7.09. The fraction of sp³-hybridized carbons (Fsp3) is 0.778. The van der Waals surface area contributed by atoms with E-state index in [0.29, 0.717) is 6.04 Å². The van der Waals surface area contributed by atoms with Gasteiger partial charge in [-0.05, 0) is 25.3 Å². The molecule has 0 saturated carbocycles. The van der Waals surface area contributed by atoms with Crippen molar-refractivity contribution in [3.8, 4) is 0 Å². The Labute approximate surface area is 87.5 Å². The first-order chi connectivity index (χ1) is 6.93. The monoisotopic (exact) mass is 210 g/mol. The van der Waals surface area contributed by atoms with Gasteiger partial charge in [0.25, 0.3) is 0 Å². The maximum Gasteiger partial charge on any atom is 0.204 e. The van der Waals surface area contributed by atoms with Crippen LogP contribution in [0, 0.1) is 5.92 Å². The molecule has 0 radical (unpaired) electrons. The van der Waals surface area contributed by atoms with E-state index < -0.39 is 0 Å². The molecule has 1 aromatic rings. The van der Waals surface area contributed by atoms with Crippen molar-refractivity contribution in [1.82, 2.24) is 14.7 Å². The molecule has 14 heavy (non-hydrogen) atoms. The third kappa shape index (κ3) is 1.40. The van der Waals surface area contributed by atoms with E-state index in [-0.39, 0.29) is 0 Å². The van der Waals surface area contributed by atoms with Crippen molar-refractivity contribution in [2.45, 2.75) is 18.9 Å². The lowest BCUT2D eigenvalue weighted by Crippen LogP contribution is -2.40. The van der Waals surface area contributed by atoms with E-state index in [4.69, 9.17) is 0 Å². The van der Waals surface area contributed by atoms with Gasteiger partial charge in [0, 0.05) is 30.7 Å². The molecule has 3 heterocycles. The van der Waals surface area contributed by atoms with Crippen LogP contribution >= 0.6 is 11.5 Å². The Bertz CT molecular complexity index is 286. The third-order valence-corrected chi connectivity index (χ3v) is 3.95. The standard InChI is InChI=1S/C9H14N4S/c1-2-7-4-13(5-8(7)10-3-1)9-11-6-12-14-9/h6-8,10H,1-5H2. The summed E-state index contributed by atoms with van der Waals surface area (Å²) in [5.74, 6) is 0.827. The predicted molar refractivity (Wildman–Crippen MR) is 56.6 cm³/mol. The molecule has 2 atom stereocenters. The van der Waals surface area contributed by atoms with E-state index in [1.165, 1.54) is 30.9 Å². The summed E-state index contributed by atoms with van der Waals surface area (Å²) in [5, 5.41) is 4.67. The SMILES string of the molecule is c1nsc(N2CC3CCCNC3C2)n1. The number of nitrogens with zero attached hydrogens (tertiary/aromatic N) is 3. The number of hydrogen-bond acceptors (Lipinski definition) is 5. The minimum absolute atomic E-state index is 0.688. The lowest BCUT2D eigenvalue weighted by atomic mass is 9.94. The van der Waals surface area contributed by atoms with Crippen LogP contribution in [-0.4, -0.2) is 35.0 Å². The second-order valence-electron chi connectivity index (χ2n) is 4.09. The summed E-state index contributed by atoms with van der Waals surface area (Å²) >= 11 is 1.50. The van der Waals surface area contributed by atoms with E-state index >= 15 is 0 Å². The van der Waals surface area contributed by atoms with Gasteiger partial charge in [0.15, 0.2) is 0 Å². The van der Waals surface area contributed by atoms with Crippen molar-refractivity contribution in [3.05, 3.63) is 6.33 Å². The van der Waals surface area contributed by atoms with Crippen LogP contribution in [-0.2, 0) is 0 Å². The van der Waals surface area contributed by atoms with Gasteiger partial charge in [0.05, 0.1) is 0 Å². The van der Waals surface area contributed by atoms with Crippen molar-refractivity contribution in [2.75, 3.05) is 24.5 Å². The Hall–Kier alpha value is -0.680. The highest BCUT2D eigenvalue weighted by Gasteiger charge is 2.35. The van der Waals surface area contributed by atoms with Gasteiger partial charge in [-0.3, -0.25) is 0 Å². The van der Waals surface area contributed by atoms with Crippen LogP contribution in [0.1, 0.15) is 12.8 Å². The molecule has 0 aromatic carbocycles. The summed E-state index contributed by atoms with van der Waals surface area (Å²) in [6, 6.07) is 0.688. The van der Waals surface area contributed by atoms with Crippen LogP contribution < -0.4 is 10.2 Å². The average Bonchev–Trinajstić information content (AvgIpc) is 2.86. The van der Waals surface area contributed by atoms with Crippen LogP contribution in [0.25, 0.3) is 0 Å². The van der Waals surface area contributed by atoms with Crippen molar-refractivity contribution < 1.29 is 0 Å². The van der Waals surface area contributed by atoms with Gasteiger partial charge in [0.2, 0.25) is 5.13 Å². The number of aromatic nitrogens is 2. The fourth-order valence-electron chi connectivity index (χ4n) is 2.51. The van der Waals surface area contributed by atoms with E-state index in [9.17, 15) is 0 Å². The number of piperidine rings is 1. The number of hydrogen-bond donors (Lipinski definition) is 1. The van der Waals surface area contributed by atoms with E-state index in [1.807, 2.05) is 0 Å². The van der Waals surface area contributed by atoms with Gasteiger partial charge in [-0.15, -0.1) is 0 Å². The van der Waals surface area contributed by atoms with Crippen molar-refractivity contribution in [1.29, 1.82) is 0 Å². The molecule has 76 valence electrons. The maximum absolute atomic E-state index is 4.26. The topological polar surface area (TPSA) is 41.1 Å². The minimum atomic E-state index is 0.688. The Morgan fingerprint density at radius 3 is 3.29 bits per heavy atom. The van der Waals surface area contributed by atoms with Crippen LogP contribution in [0.5, 0.6) is 0 Å². The molecular formula is C9H14N4S. The van der Waals surface area contributed by atoms with E-state index in [0.717, 1.165) is 24.1 Å². The first kappa shape index (κ1) is 8.61. The molecule has 0 amide bonds. The van der Waals surface area contributed by atoms with Gasteiger partial charge < -0.3 is 10.2 Å². The first-order valence-electron chi connectivity index (χ1n) is 5.18. The molecule has 2 unspecified atom stereocenters. The summed E-state index contributed by atoms with van der Waals surface area (Å²) in [5.41, 5.74) is 0. The van der Waals surface area contributed by atoms with E-state index in [1.54, 1.807) is 6.33 Å². The molecule has 0 aliphatic carbocycles. The molecule has 1 N–H and O–H groups in total. The van der Waals surface area contributed by atoms with E-state index in [2.05, 4.69) is 19.6 Å². The second-order valence-corrected chi connectivity index (χ2v) is 4.85. The normalized spacial score (nSPS) is 31.9. The molecule has 2 aliphatic rings. The van der Waals surface area contributed by atoms with Gasteiger partial charge in [-0.2, -0.15) is 4.37 Å². The lowest BCUT2D eigenvalue weighted by molar-refractivity contribution is 0.340. The Morgan fingerprint density at radius 2 is 2.50 bits per heavy atom. The quantitative estimate of drug-likeness (QED) is 0.742. The number of rotatable bonds is 1. The molecule has 1 aromatic heterocycles. The van der Waals surface area contributed by atoms with Crippen molar-refractivity contribution in [2.24, 2.45) is 5.92 Å². The number of anilines is 1. The summed E-state index contributed by atoms with van der Waals surface area (Å²) in [6.45, 7) is 3.46. The molecule has 0 bridgehead atoms. The van der Waals surface area contributed by atoms with Gasteiger partial charge in [-0.1, -0.05) is 0 Å². The highest BCUT2D eigenvalue weighted by Crippen LogP contribution is 2.29. The Balaban J connectivity index is 1.74. The molecule has 0 spiro atoms. The Kier molecular flexibility index (Phi) is 2.14. The zero-order valence-electron chi connectivity index (χ0n) is 8.02. The van der Waals surface area contributed by atoms with Crippen molar-refractivity contribution >= 4 is 16.7 Å². The van der Waals surface area contributed by atoms with Gasteiger partial charge in [-0.25, -0.2) is 4.98 Å². The second kappa shape index (κ2) is 3.47. The fourth-order valence-corrected chi connectivity index (χ4v) is 3.06. The van der Waals surface area contributed by atoms with Crippen LogP contribution in [0.2, 0.25) is 0 Å². The largest absolute Gasteiger partial charge is 0.345 e. The zero-order chi connectivity index (χ0) is 9.38. The average molecular weight is 210 g/mol. The van der Waals surface area contributed by atoms with Crippen LogP contribution in [0.4, 0.5) is 5.13 Å². The molecule has 4 nitrogen and oxygen atoms in total. The minimum Gasteiger partial charge on any atom is -0.345 e. The van der Waals surface area contributed by atoms with Crippen LogP contribution in [0.15, 0.2) is 6.33 Å². The lowest BCUT2D eigenvalue weighted by Gasteiger charge is -2.24. The smallest absolute Gasteiger partial charge is 0.204 e. The molecule has 2 fully saturated rings. The van der Waals surface area contributed by atoms with Gasteiger partial charge in [0.1, 0.15) is 6.33 Å². The zero-order valence-corrected chi connectivity index (χ0v) is 8.83. The van der Waals surface area contributed by atoms with Crippen molar-refractivity contribution in [3.63, 3.8) is 0 Å². The summed E-state index contributed by atoms with van der Waals surface area (Å²) in [7, 11) is 0. The molecule has 2 saturated heterocycles. The summed E-state index contributed by atoms with van der Waals surface area (Å²) < 4.78 is 4.05. The molecule has 5 heteroatoms. The van der Waals surface area contributed by atoms with Crippen LogP contribution in [0.3, 0.4) is 0 Å². The molecule has 2 aliphatic heterocycles. The molecular weight excluding hydrogens is 196 g/mol. The predicted octanol–water partition coefficient (Wildman–Crippen LogP) is 0.726. The molecule has 3 rings (SSSR count). The summed E-state index contributed by atoms with van der Waals surface area (Å²) in [6.07, 6.45) is 4.34. The third-order valence-electron chi connectivity index (χ3n) is 3.22. The first-order valence-corrected chi connectivity index (χ1v) is 5.96. The highest BCUT2D eigenvalue weighted by atomic mass is 32.1.